The van der Waals surface area contributed by atoms with E-state index in [2.05, 4.69) is 5.32 Å². The van der Waals surface area contributed by atoms with Gasteiger partial charge in [-0.05, 0) is 47.9 Å². The van der Waals surface area contributed by atoms with E-state index in [1.807, 2.05) is 0 Å². The molecule has 0 saturated carbocycles. The lowest BCUT2D eigenvalue weighted by atomic mass is 10.0. The number of fused-ring (bicyclic) bond motifs is 1. The Bertz CT molecular complexity index is 923. The number of esters is 1. The Morgan fingerprint density at radius 3 is 2.45 bits per heavy atom. The number of nitrogens with one attached hydrogen (secondary N) is 1. The lowest BCUT2D eigenvalue weighted by molar-refractivity contribution is -0.141. The summed E-state index contributed by atoms with van der Waals surface area (Å²) in [6.45, 7) is 2.15. The minimum absolute atomic E-state index is 0.0115. The van der Waals surface area contributed by atoms with E-state index in [0.717, 1.165) is 16.8 Å². The van der Waals surface area contributed by atoms with Crippen LogP contribution >= 0.6 is 0 Å². The molecular formula is C22H24N2O5. The number of carbonyl (C=O) groups excluding carboxylic acids is 3. The van der Waals surface area contributed by atoms with E-state index in [9.17, 15) is 14.4 Å². The topological polar surface area (TPSA) is 84.9 Å². The molecule has 152 valence electrons. The third kappa shape index (κ3) is 4.56. The van der Waals surface area contributed by atoms with Crippen LogP contribution in [0.1, 0.15) is 40.9 Å². The van der Waals surface area contributed by atoms with Gasteiger partial charge in [-0.1, -0.05) is 12.1 Å². The summed E-state index contributed by atoms with van der Waals surface area (Å²) in [5.74, 6) is -0.0416. The lowest BCUT2D eigenvalue weighted by Gasteiger charge is -2.19. The summed E-state index contributed by atoms with van der Waals surface area (Å²) >= 11 is 0. The molecule has 1 atom stereocenters. The van der Waals surface area contributed by atoms with E-state index >= 15 is 0 Å². The number of hydrogen-bond donors (Lipinski definition) is 1. The highest BCUT2D eigenvalue weighted by atomic mass is 16.5. The molecule has 0 aliphatic carbocycles. The number of nitrogens with zero attached hydrogens (tertiary/aromatic N) is 1. The molecule has 1 N–H and O–H groups in total. The highest BCUT2D eigenvalue weighted by Gasteiger charge is 2.24. The molecule has 1 heterocycles. The van der Waals surface area contributed by atoms with Gasteiger partial charge in [-0.2, -0.15) is 0 Å². The first-order valence-corrected chi connectivity index (χ1v) is 9.35. The zero-order valence-electron chi connectivity index (χ0n) is 16.7. The van der Waals surface area contributed by atoms with Gasteiger partial charge in [-0.3, -0.25) is 14.4 Å². The molecule has 1 unspecified atom stereocenters. The van der Waals surface area contributed by atoms with Gasteiger partial charge in [0.1, 0.15) is 5.75 Å². The van der Waals surface area contributed by atoms with E-state index in [0.29, 0.717) is 24.3 Å². The Morgan fingerprint density at radius 1 is 1.10 bits per heavy atom. The van der Waals surface area contributed by atoms with E-state index in [4.69, 9.17) is 9.47 Å². The van der Waals surface area contributed by atoms with Gasteiger partial charge in [0.15, 0.2) is 0 Å². The van der Waals surface area contributed by atoms with Crippen LogP contribution in [0.5, 0.6) is 5.75 Å². The molecule has 0 bridgehead atoms. The Labute approximate surface area is 169 Å². The summed E-state index contributed by atoms with van der Waals surface area (Å²) < 4.78 is 9.94. The highest BCUT2D eigenvalue weighted by molar-refractivity contribution is 5.98. The molecule has 0 spiro atoms. The molecular weight excluding hydrogens is 372 g/mol. The smallest absolute Gasteiger partial charge is 0.307 e. The van der Waals surface area contributed by atoms with Crippen molar-refractivity contribution >= 4 is 23.5 Å². The summed E-state index contributed by atoms with van der Waals surface area (Å²) in [6.07, 6.45) is 0.720. The second-order valence-corrected chi connectivity index (χ2v) is 6.84. The first kappa shape index (κ1) is 20.4. The van der Waals surface area contributed by atoms with Crippen LogP contribution in [0.3, 0.4) is 0 Å². The van der Waals surface area contributed by atoms with Crippen LogP contribution in [-0.4, -0.2) is 38.5 Å². The fourth-order valence-electron chi connectivity index (χ4n) is 3.45. The number of rotatable bonds is 6. The molecule has 0 radical (unpaired) electrons. The average molecular weight is 396 g/mol. The van der Waals surface area contributed by atoms with Gasteiger partial charge in [0, 0.05) is 24.7 Å². The van der Waals surface area contributed by atoms with Crippen molar-refractivity contribution in [3.8, 4) is 5.75 Å². The number of methoxy groups -OCH3 is 2. The normalized spacial score (nSPS) is 13.4. The van der Waals surface area contributed by atoms with E-state index < -0.39 is 12.0 Å². The van der Waals surface area contributed by atoms with Crippen molar-refractivity contribution in [2.45, 2.75) is 25.8 Å². The number of carbonyl (C=O) groups is 3. The maximum atomic E-state index is 12.9. The largest absolute Gasteiger partial charge is 0.497 e. The molecule has 2 aromatic carbocycles. The summed E-state index contributed by atoms with van der Waals surface area (Å²) in [4.78, 5) is 38.1. The lowest BCUT2D eigenvalue weighted by Crippen LogP contribution is -2.30. The summed E-state index contributed by atoms with van der Waals surface area (Å²) in [6, 6.07) is 11.9. The molecule has 7 nitrogen and oxygen atoms in total. The second-order valence-electron chi connectivity index (χ2n) is 6.84. The first-order valence-electron chi connectivity index (χ1n) is 9.35. The van der Waals surface area contributed by atoms with Crippen LogP contribution in [0.4, 0.5) is 5.69 Å². The van der Waals surface area contributed by atoms with Gasteiger partial charge in [0.05, 0.1) is 26.7 Å². The van der Waals surface area contributed by atoms with Gasteiger partial charge < -0.3 is 19.7 Å². The number of hydrogen-bond acceptors (Lipinski definition) is 5. The third-order valence-corrected chi connectivity index (χ3v) is 5.04. The molecule has 29 heavy (non-hydrogen) atoms. The van der Waals surface area contributed by atoms with Crippen LogP contribution in [0.15, 0.2) is 42.5 Å². The van der Waals surface area contributed by atoms with Gasteiger partial charge >= 0.3 is 5.97 Å². The van der Waals surface area contributed by atoms with Crippen molar-refractivity contribution in [3.63, 3.8) is 0 Å². The minimum Gasteiger partial charge on any atom is -0.497 e. The van der Waals surface area contributed by atoms with Crippen LogP contribution < -0.4 is 15.0 Å². The highest BCUT2D eigenvalue weighted by Crippen LogP contribution is 2.29. The van der Waals surface area contributed by atoms with Crippen LogP contribution in [0, 0.1) is 0 Å². The third-order valence-electron chi connectivity index (χ3n) is 5.04. The molecule has 1 aliphatic heterocycles. The zero-order valence-corrected chi connectivity index (χ0v) is 16.7. The Balaban J connectivity index is 1.81. The second kappa shape index (κ2) is 8.77. The van der Waals surface area contributed by atoms with E-state index in [1.165, 1.54) is 14.0 Å². The van der Waals surface area contributed by atoms with Crippen molar-refractivity contribution in [3.05, 3.63) is 59.2 Å². The van der Waals surface area contributed by atoms with Crippen molar-refractivity contribution < 1.29 is 23.9 Å². The molecule has 0 saturated heterocycles. The van der Waals surface area contributed by atoms with Gasteiger partial charge in [-0.15, -0.1) is 0 Å². The Kier molecular flexibility index (Phi) is 6.16. The van der Waals surface area contributed by atoms with Gasteiger partial charge in [0.2, 0.25) is 5.91 Å². The van der Waals surface area contributed by atoms with Crippen molar-refractivity contribution in [2.75, 3.05) is 25.7 Å². The Hall–Kier alpha value is -3.35. The van der Waals surface area contributed by atoms with Crippen molar-refractivity contribution in [1.29, 1.82) is 0 Å². The maximum absolute atomic E-state index is 12.9. The maximum Gasteiger partial charge on any atom is 0.307 e. The van der Waals surface area contributed by atoms with Crippen LogP contribution in [0.2, 0.25) is 0 Å². The predicted octanol–water partition coefficient (Wildman–Crippen LogP) is 2.64. The molecule has 2 aromatic rings. The molecule has 1 aliphatic rings. The van der Waals surface area contributed by atoms with E-state index in [-0.39, 0.29) is 18.2 Å². The molecule has 2 amide bonds. The fraction of sp³-hybridized carbons (Fsp3) is 0.318. The number of amides is 2. The molecule has 0 aromatic heterocycles. The quantitative estimate of drug-likeness (QED) is 0.759. The molecule has 3 rings (SSSR count). The average Bonchev–Trinajstić information content (AvgIpc) is 3.16. The van der Waals surface area contributed by atoms with Crippen LogP contribution in [0.25, 0.3) is 0 Å². The first-order chi connectivity index (χ1) is 13.9. The minimum atomic E-state index is -0.539. The zero-order chi connectivity index (χ0) is 21.0. The fourth-order valence-corrected chi connectivity index (χ4v) is 3.45. The number of ether oxygens (including phenoxy) is 2. The number of anilines is 1. The number of benzene rings is 2. The standard InChI is InChI=1S/C22H24N2O5/c1-14(25)24-11-10-16-12-17(6-9-20(16)24)22(27)23-19(13-21(26)29-3)15-4-7-18(28-2)8-5-15/h4-9,12,19H,10-11,13H2,1-3H3,(H,23,27). The Morgan fingerprint density at radius 2 is 1.83 bits per heavy atom. The SMILES string of the molecule is COC(=O)CC(NC(=O)c1ccc2c(c1)CCN2C(C)=O)c1ccc(OC)cc1. The van der Waals surface area contributed by atoms with Crippen molar-refractivity contribution in [2.24, 2.45) is 0 Å². The van der Waals surface area contributed by atoms with Gasteiger partial charge in [0.25, 0.3) is 5.91 Å². The van der Waals surface area contributed by atoms with Crippen molar-refractivity contribution in [1.82, 2.24) is 5.32 Å². The van der Waals surface area contributed by atoms with E-state index in [1.54, 1.807) is 54.5 Å². The van der Waals surface area contributed by atoms with Crippen LogP contribution in [-0.2, 0) is 20.7 Å². The molecule has 0 fully saturated rings. The van der Waals surface area contributed by atoms with Gasteiger partial charge in [-0.25, -0.2) is 0 Å². The summed E-state index contributed by atoms with van der Waals surface area (Å²) in [5, 5.41) is 2.92. The summed E-state index contributed by atoms with van der Waals surface area (Å²) in [5.41, 5.74) is 3.06. The summed E-state index contributed by atoms with van der Waals surface area (Å²) in [7, 11) is 2.89. The predicted molar refractivity (Wildman–Crippen MR) is 108 cm³/mol. The monoisotopic (exact) mass is 396 g/mol. The molecule has 7 heteroatoms.